The van der Waals surface area contributed by atoms with Gasteiger partial charge in [-0.25, -0.2) is 0 Å². The molecule has 2 amide bonds. The summed E-state index contributed by atoms with van der Waals surface area (Å²) in [5, 5.41) is 5.26. The molecule has 0 aliphatic rings. The maximum Gasteiger partial charge on any atom is 0.326 e. The average Bonchev–Trinajstić information content (AvgIpc) is 2.76. The van der Waals surface area contributed by atoms with Gasteiger partial charge in [0.05, 0.1) is 6.61 Å². The first-order chi connectivity index (χ1) is 14.4. The van der Waals surface area contributed by atoms with Crippen molar-refractivity contribution < 1.29 is 23.9 Å². The molecular formula is C23H28N2O5. The molecule has 0 saturated heterocycles. The second-order valence-electron chi connectivity index (χ2n) is 6.83. The average molecular weight is 412 g/mol. The number of carbonyl (C=O) groups excluding carboxylic acids is 3. The molecule has 7 heteroatoms. The molecule has 160 valence electrons. The molecule has 0 aliphatic heterocycles. The quantitative estimate of drug-likeness (QED) is 0.585. The molecule has 0 saturated carbocycles. The number of hydrogen-bond acceptors (Lipinski definition) is 5. The van der Waals surface area contributed by atoms with Gasteiger partial charge in [0.15, 0.2) is 6.10 Å². The smallest absolute Gasteiger partial charge is 0.326 e. The Morgan fingerprint density at radius 3 is 2.23 bits per heavy atom. The topological polar surface area (TPSA) is 93.7 Å². The van der Waals surface area contributed by atoms with Gasteiger partial charge in [0, 0.05) is 12.1 Å². The number of benzene rings is 2. The largest absolute Gasteiger partial charge is 0.494 e. The van der Waals surface area contributed by atoms with E-state index in [1.165, 1.54) is 6.92 Å². The van der Waals surface area contributed by atoms with Crippen LogP contribution in [0.1, 0.15) is 42.6 Å². The van der Waals surface area contributed by atoms with Crippen LogP contribution in [0.2, 0.25) is 0 Å². The predicted molar refractivity (Wildman–Crippen MR) is 113 cm³/mol. The minimum absolute atomic E-state index is 0.131. The van der Waals surface area contributed by atoms with Crippen molar-refractivity contribution in [2.24, 2.45) is 0 Å². The molecule has 2 atom stereocenters. The second kappa shape index (κ2) is 11.6. The van der Waals surface area contributed by atoms with Crippen molar-refractivity contribution >= 4 is 17.8 Å². The van der Waals surface area contributed by atoms with Gasteiger partial charge in [0.2, 0.25) is 0 Å². The van der Waals surface area contributed by atoms with E-state index in [1.807, 2.05) is 44.2 Å². The number of rotatable bonds is 10. The van der Waals surface area contributed by atoms with E-state index in [1.54, 1.807) is 24.3 Å². The lowest BCUT2D eigenvalue weighted by Gasteiger charge is -2.17. The highest BCUT2D eigenvalue weighted by Gasteiger charge is 2.19. The number of carbonyl (C=O) groups is 3. The van der Waals surface area contributed by atoms with Crippen molar-refractivity contribution in [2.75, 3.05) is 19.7 Å². The van der Waals surface area contributed by atoms with E-state index in [0.717, 1.165) is 5.56 Å². The van der Waals surface area contributed by atoms with Gasteiger partial charge >= 0.3 is 5.97 Å². The number of ether oxygens (including phenoxy) is 2. The summed E-state index contributed by atoms with van der Waals surface area (Å²) in [4.78, 5) is 36.2. The lowest BCUT2D eigenvalue weighted by molar-refractivity contribution is -0.153. The van der Waals surface area contributed by atoms with Gasteiger partial charge in [-0.3, -0.25) is 14.4 Å². The summed E-state index contributed by atoms with van der Waals surface area (Å²) in [7, 11) is 0. The van der Waals surface area contributed by atoms with Crippen LogP contribution in [0.5, 0.6) is 5.75 Å². The van der Waals surface area contributed by atoms with Gasteiger partial charge in [0.25, 0.3) is 11.8 Å². The molecule has 2 aromatic carbocycles. The first kappa shape index (κ1) is 22.9. The van der Waals surface area contributed by atoms with E-state index >= 15 is 0 Å². The van der Waals surface area contributed by atoms with Crippen molar-refractivity contribution in [2.45, 2.75) is 32.8 Å². The van der Waals surface area contributed by atoms with Crippen LogP contribution in [0, 0.1) is 0 Å². The monoisotopic (exact) mass is 412 g/mol. The van der Waals surface area contributed by atoms with Gasteiger partial charge in [-0.05, 0) is 49.6 Å². The summed E-state index contributed by atoms with van der Waals surface area (Å²) in [6, 6.07) is 16.4. The third-order valence-electron chi connectivity index (χ3n) is 4.45. The van der Waals surface area contributed by atoms with E-state index < -0.39 is 18.0 Å². The summed E-state index contributed by atoms with van der Waals surface area (Å²) >= 11 is 0. The van der Waals surface area contributed by atoms with Gasteiger partial charge in [-0.2, -0.15) is 0 Å². The minimum Gasteiger partial charge on any atom is -0.494 e. The van der Waals surface area contributed by atoms with E-state index in [2.05, 4.69) is 10.6 Å². The third kappa shape index (κ3) is 7.24. The summed E-state index contributed by atoms with van der Waals surface area (Å²) in [5.41, 5.74) is 1.51. The summed E-state index contributed by atoms with van der Waals surface area (Å²) < 4.78 is 10.4. The molecule has 0 aliphatic carbocycles. The van der Waals surface area contributed by atoms with E-state index in [9.17, 15) is 14.4 Å². The zero-order valence-corrected chi connectivity index (χ0v) is 17.5. The lowest BCUT2D eigenvalue weighted by Crippen LogP contribution is -2.39. The van der Waals surface area contributed by atoms with Crippen LogP contribution in [0.4, 0.5) is 0 Å². The standard InChI is InChI=1S/C23H28N2O5/c1-4-29-20-12-10-19(11-13-20)23(28)25-15-21(26)30-17(3)22(27)24-14-16(2)18-8-6-5-7-9-18/h5-13,16-17H,4,14-15H2,1-3H3,(H,24,27)(H,25,28)/t16-,17-/m1/s1. The molecule has 0 fully saturated rings. The zero-order valence-electron chi connectivity index (χ0n) is 17.5. The maximum atomic E-state index is 12.2. The van der Waals surface area contributed by atoms with Crippen molar-refractivity contribution in [1.29, 1.82) is 0 Å². The Morgan fingerprint density at radius 1 is 0.933 bits per heavy atom. The van der Waals surface area contributed by atoms with Crippen LogP contribution < -0.4 is 15.4 Å². The third-order valence-corrected chi connectivity index (χ3v) is 4.45. The van der Waals surface area contributed by atoms with Crippen molar-refractivity contribution in [3.05, 3.63) is 65.7 Å². The molecule has 0 aromatic heterocycles. The molecule has 0 radical (unpaired) electrons. The van der Waals surface area contributed by atoms with Crippen LogP contribution in [0.25, 0.3) is 0 Å². The van der Waals surface area contributed by atoms with E-state index in [0.29, 0.717) is 24.5 Å². The van der Waals surface area contributed by atoms with Crippen LogP contribution in [0.15, 0.2) is 54.6 Å². The summed E-state index contributed by atoms with van der Waals surface area (Å²) in [6.45, 7) is 6.01. The molecule has 0 unspecified atom stereocenters. The molecule has 30 heavy (non-hydrogen) atoms. The number of nitrogens with one attached hydrogen (secondary N) is 2. The molecule has 0 bridgehead atoms. The Kier molecular flexibility index (Phi) is 8.87. The number of amides is 2. The number of hydrogen-bond donors (Lipinski definition) is 2. The van der Waals surface area contributed by atoms with Gasteiger partial charge in [0.1, 0.15) is 12.3 Å². The fourth-order valence-corrected chi connectivity index (χ4v) is 2.71. The SMILES string of the molecule is CCOc1ccc(C(=O)NCC(=O)O[C@H](C)C(=O)NC[C@@H](C)c2ccccc2)cc1. The summed E-state index contributed by atoms with van der Waals surface area (Å²) in [6.07, 6.45) is -0.956. The number of esters is 1. The van der Waals surface area contributed by atoms with Crippen molar-refractivity contribution in [3.8, 4) is 5.75 Å². The van der Waals surface area contributed by atoms with Crippen LogP contribution in [-0.4, -0.2) is 43.6 Å². The molecule has 0 heterocycles. The van der Waals surface area contributed by atoms with Crippen LogP contribution >= 0.6 is 0 Å². The molecule has 7 nitrogen and oxygen atoms in total. The van der Waals surface area contributed by atoms with Gasteiger partial charge in [-0.15, -0.1) is 0 Å². The summed E-state index contributed by atoms with van der Waals surface area (Å²) in [5.74, 6) is -0.692. The Morgan fingerprint density at radius 2 is 1.60 bits per heavy atom. The highest BCUT2D eigenvalue weighted by atomic mass is 16.5. The highest BCUT2D eigenvalue weighted by molar-refractivity contribution is 5.96. The first-order valence-corrected chi connectivity index (χ1v) is 9.94. The highest BCUT2D eigenvalue weighted by Crippen LogP contribution is 2.13. The first-order valence-electron chi connectivity index (χ1n) is 9.94. The molecule has 2 rings (SSSR count). The predicted octanol–water partition coefficient (Wildman–Crippen LogP) is 2.67. The minimum atomic E-state index is -0.956. The molecular weight excluding hydrogens is 384 g/mol. The fourth-order valence-electron chi connectivity index (χ4n) is 2.71. The Balaban J connectivity index is 1.72. The lowest BCUT2D eigenvalue weighted by atomic mass is 10.0. The normalized spacial score (nSPS) is 12.4. The van der Waals surface area contributed by atoms with Crippen molar-refractivity contribution in [3.63, 3.8) is 0 Å². The molecule has 2 aromatic rings. The molecule has 0 spiro atoms. The Hall–Kier alpha value is -3.35. The van der Waals surface area contributed by atoms with Crippen molar-refractivity contribution in [1.82, 2.24) is 10.6 Å². The van der Waals surface area contributed by atoms with E-state index in [4.69, 9.17) is 9.47 Å². The van der Waals surface area contributed by atoms with E-state index in [-0.39, 0.29) is 18.4 Å². The Labute approximate surface area is 176 Å². The molecule has 2 N–H and O–H groups in total. The van der Waals surface area contributed by atoms with Crippen LogP contribution in [0.3, 0.4) is 0 Å². The Bertz CT molecular complexity index is 836. The zero-order chi connectivity index (χ0) is 21.9. The van der Waals surface area contributed by atoms with Gasteiger partial charge in [-0.1, -0.05) is 37.3 Å². The van der Waals surface area contributed by atoms with Crippen LogP contribution in [-0.2, 0) is 14.3 Å². The van der Waals surface area contributed by atoms with Gasteiger partial charge < -0.3 is 20.1 Å². The maximum absolute atomic E-state index is 12.2. The fraction of sp³-hybridized carbons (Fsp3) is 0.348. The second-order valence-corrected chi connectivity index (χ2v) is 6.83.